The van der Waals surface area contributed by atoms with Crippen molar-refractivity contribution < 1.29 is 0 Å². The minimum atomic E-state index is 0.599. The van der Waals surface area contributed by atoms with Gasteiger partial charge in [0, 0.05) is 101 Å². The zero-order valence-electron chi connectivity index (χ0n) is 47.9. The van der Waals surface area contributed by atoms with Gasteiger partial charge in [0.2, 0.25) is 0 Å². The van der Waals surface area contributed by atoms with Gasteiger partial charge in [-0.1, -0.05) is 134 Å². The molecule has 7 aromatic heterocycles. The molecular weight excluding hydrogens is 1070 g/mol. The van der Waals surface area contributed by atoms with Gasteiger partial charge in [0.25, 0.3) is 0 Å². The van der Waals surface area contributed by atoms with Crippen molar-refractivity contribution in [3.05, 3.63) is 304 Å². The maximum Gasteiger partial charge on any atom is 0.164 e. The van der Waals surface area contributed by atoms with E-state index in [1.807, 2.05) is 128 Å². The molecule has 0 amide bonds. The molecule has 9 aromatic carbocycles. The fraction of sp³-hybridized carbons (Fsp3) is 0.0127. The minimum Gasteiger partial charge on any atom is -0.309 e. The van der Waals surface area contributed by atoms with Crippen molar-refractivity contribution in [1.29, 1.82) is 0 Å². The Morgan fingerprint density at radius 2 is 0.659 bits per heavy atom. The number of nitrogens with zero attached hydrogens (tertiary/aromatic N) is 9. The Kier molecular flexibility index (Phi) is 12.7. The Morgan fingerprint density at radius 3 is 1.07 bits per heavy atom. The Balaban J connectivity index is 0.912. The van der Waals surface area contributed by atoms with Crippen molar-refractivity contribution in [3.63, 3.8) is 0 Å². The van der Waals surface area contributed by atoms with Crippen molar-refractivity contribution in [1.82, 2.24) is 43.6 Å². The van der Waals surface area contributed by atoms with Gasteiger partial charge in [0.15, 0.2) is 17.5 Å². The minimum absolute atomic E-state index is 0.599. The predicted molar refractivity (Wildman–Crippen MR) is 362 cm³/mol. The molecule has 0 fully saturated rings. The molecule has 16 rings (SSSR count). The van der Waals surface area contributed by atoms with Gasteiger partial charge in [-0.3, -0.25) is 15.0 Å². The first-order valence-electron chi connectivity index (χ1n) is 29.4. The molecule has 0 aliphatic carbocycles. The molecule has 0 unspecified atom stereocenters. The first-order chi connectivity index (χ1) is 43.5. The van der Waals surface area contributed by atoms with Crippen LogP contribution in [-0.4, -0.2) is 43.6 Å². The summed E-state index contributed by atoms with van der Waals surface area (Å²) < 4.78 is 7.21. The quantitative estimate of drug-likeness (QED) is 0.113. The van der Waals surface area contributed by atoms with Gasteiger partial charge in [-0.15, -0.1) is 0 Å². The molecule has 9 nitrogen and oxygen atoms in total. The molecule has 0 aliphatic rings. The van der Waals surface area contributed by atoms with Crippen LogP contribution in [0, 0.1) is 0 Å². The van der Waals surface area contributed by atoms with Crippen LogP contribution >= 0.6 is 0 Å². The summed E-state index contributed by atoms with van der Waals surface area (Å²) >= 11 is 0. The highest BCUT2D eigenvalue weighted by atomic mass is 15.0. The average molecular weight is 1130 g/mol. The van der Waals surface area contributed by atoms with Crippen LogP contribution in [0.15, 0.2) is 298 Å². The maximum atomic E-state index is 5.08. The van der Waals surface area contributed by atoms with E-state index in [-0.39, 0.29) is 0 Å². The van der Waals surface area contributed by atoms with E-state index < -0.39 is 0 Å². The van der Waals surface area contributed by atoms with Crippen LogP contribution < -0.4 is 0 Å². The zero-order valence-corrected chi connectivity index (χ0v) is 47.9. The van der Waals surface area contributed by atoms with Gasteiger partial charge in [0.1, 0.15) is 0 Å². The topological polar surface area (TPSA) is 92.1 Å². The number of hydrogen-bond donors (Lipinski definition) is 0. The van der Waals surface area contributed by atoms with Gasteiger partial charge >= 0.3 is 0 Å². The van der Waals surface area contributed by atoms with Crippen molar-refractivity contribution in [2.24, 2.45) is 0 Å². The van der Waals surface area contributed by atoms with Crippen LogP contribution in [0.5, 0.6) is 0 Å². The molecule has 0 aliphatic heterocycles. The van der Waals surface area contributed by atoms with E-state index in [9.17, 15) is 0 Å². The molecule has 0 N–H and O–H groups in total. The second kappa shape index (κ2) is 21.6. The molecule has 0 radical (unpaired) electrons. The third-order valence-electron chi connectivity index (χ3n) is 16.8. The normalized spacial score (nSPS) is 12.0. The average Bonchev–Trinajstić information content (AvgIpc) is 1.72. The van der Waals surface area contributed by atoms with Crippen molar-refractivity contribution >= 4 is 71.0 Å². The van der Waals surface area contributed by atoms with Gasteiger partial charge in [0.05, 0.1) is 50.2 Å². The molecule has 0 atom stereocenters. The largest absolute Gasteiger partial charge is 0.309 e. The van der Waals surface area contributed by atoms with E-state index in [0.717, 1.165) is 144 Å². The van der Waals surface area contributed by atoms with E-state index in [0.29, 0.717) is 17.5 Å². The van der Waals surface area contributed by atoms with Crippen molar-refractivity contribution in [2.75, 3.05) is 0 Å². The van der Waals surface area contributed by atoms with E-state index in [4.69, 9.17) is 29.9 Å². The Hall–Kier alpha value is -11.9. The van der Waals surface area contributed by atoms with E-state index in [1.165, 1.54) is 0 Å². The summed E-state index contributed by atoms with van der Waals surface area (Å²) in [6.45, 7) is 6.04. The van der Waals surface area contributed by atoms with E-state index in [2.05, 4.69) is 185 Å². The van der Waals surface area contributed by atoms with Gasteiger partial charge in [-0.2, -0.15) is 0 Å². The highest BCUT2D eigenvalue weighted by Gasteiger charge is 2.22. The standard InChI is InChI=1S/C79H53N9/c1-3-4-7-18-51(2)55-28-36-71-62(45-55)63-46-56(68-23-12-15-42-80-68)29-37-72(63)87(71)60-34-40-75-66(49-60)67-50-61(88-73-38-30-57(69-24-13-16-43-81-69)47-64(73)65-48-58(31-39-74(65)88)70-25-14-17-44-82-70)35-41-76(67)86(75)59-32-26-54(27-33-59)79-84-77(52-19-8-5-9-20-52)83-78(85-79)53-21-10-6-11-22-53/h3-50H,1H2,2H3/b7-4-,51-18+. The number of hydrogen-bond acceptors (Lipinski definition) is 6. The van der Waals surface area contributed by atoms with Gasteiger partial charge in [-0.25, -0.2) is 15.0 Å². The fourth-order valence-corrected chi connectivity index (χ4v) is 12.6. The molecule has 0 saturated heterocycles. The van der Waals surface area contributed by atoms with Crippen LogP contribution in [0.1, 0.15) is 12.5 Å². The molecule has 414 valence electrons. The maximum absolute atomic E-state index is 5.08. The van der Waals surface area contributed by atoms with Crippen molar-refractivity contribution in [2.45, 2.75) is 6.92 Å². The van der Waals surface area contributed by atoms with Crippen LogP contribution in [0.3, 0.4) is 0 Å². The highest BCUT2D eigenvalue weighted by Crippen LogP contribution is 2.42. The molecule has 88 heavy (non-hydrogen) atoms. The lowest BCUT2D eigenvalue weighted by molar-refractivity contribution is 1.07. The van der Waals surface area contributed by atoms with Crippen LogP contribution in [0.4, 0.5) is 0 Å². The molecule has 0 saturated carbocycles. The fourth-order valence-electron chi connectivity index (χ4n) is 12.6. The summed E-state index contributed by atoms with van der Waals surface area (Å²) in [6.07, 6.45) is 13.5. The summed E-state index contributed by atoms with van der Waals surface area (Å²) in [5.41, 5.74) is 20.6. The predicted octanol–water partition coefficient (Wildman–Crippen LogP) is 19.5. The lowest BCUT2D eigenvalue weighted by Crippen LogP contribution is -2.00. The third kappa shape index (κ3) is 9.04. The van der Waals surface area contributed by atoms with E-state index in [1.54, 1.807) is 6.08 Å². The first kappa shape index (κ1) is 51.7. The Labute approximate surface area is 507 Å². The summed E-state index contributed by atoms with van der Waals surface area (Å²) in [5.74, 6) is 1.84. The number of pyridine rings is 3. The second-order valence-corrected chi connectivity index (χ2v) is 22.0. The van der Waals surface area contributed by atoms with Gasteiger partial charge in [-0.05, 0) is 164 Å². The third-order valence-corrected chi connectivity index (χ3v) is 16.8. The number of allylic oxidation sites excluding steroid dienone is 5. The molecule has 9 heteroatoms. The molecule has 0 spiro atoms. The van der Waals surface area contributed by atoms with E-state index >= 15 is 0 Å². The second-order valence-electron chi connectivity index (χ2n) is 22.0. The molecule has 16 aromatic rings. The zero-order chi connectivity index (χ0) is 58.7. The van der Waals surface area contributed by atoms with Gasteiger partial charge < -0.3 is 13.7 Å². The summed E-state index contributed by atoms with van der Waals surface area (Å²) in [4.78, 5) is 29.4. The molecular formula is C79H53N9. The highest BCUT2D eigenvalue weighted by molar-refractivity contribution is 6.15. The Morgan fingerprint density at radius 1 is 0.318 bits per heavy atom. The summed E-state index contributed by atoms with van der Waals surface area (Å²) in [7, 11) is 0. The number of fused-ring (bicyclic) bond motifs is 9. The molecule has 7 heterocycles. The SMILES string of the molecule is C=C/C=C\C=C(/C)c1ccc2c(c1)c1cc(-c3ccccn3)ccc1n2-c1ccc2c(c1)c1cc(-n3c4ccc(-c5ccccn5)cc4c4cc(-c5ccccn5)ccc43)ccc1n2-c1ccc(-c2nc(-c3ccccc3)nc(-c3ccccc3)n2)cc1. The lowest BCUT2D eigenvalue weighted by atomic mass is 10.0. The summed E-state index contributed by atoms with van der Waals surface area (Å²) in [5, 5.41) is 6.78. The van der Waals surface area contributed by atoms with Crippen molar-refractivity contribution in [3.8, 4) is 85.0 Å². The number of aromatic nitrogens is 9. The van der Waals surface area contributed by atoms with Crippen LogP contribution in [0.25, 0.3) is 156 Å². The van der Waals surface area contributed by atoms with Crippen LogP contribution in [-0.2, 0) is 0 Å². The van der Waals surface area contributed by atoms with Crippen LogP contribution in [0.2, 0.25) is 0 Å². The number of rotatable bonds is 12. The molecule has 0 bridgehead atoms. The lowest BCUT2D eigenvalue weighted by Gasteiger charge is -2.12. The number of benzene rings is 9. The Bertz CT molecular complexity index is 5280. The summed E-state index contributed by atoms with van der Waals surface area (Å²) in [6, 6.07) is 87.9. The smallest absolute Gasteiger partial charge is 0.164 e. The first-order valence-corrected chi connectivity index (χ1v) is 29.4. The monoisotopic (exact) mass is 1130 g/mol.